The van der Waals surface area contributed by atoms with Crippen LogP contribution in [0.15, 0.2) is 24.3 Å². The molecule has 3 heteroatoms. The first-order valence-corrected chi connectivity index (χ1v) is 8.84. The maximum absolute atomic E-state index is 12.4. The summed E-state index contributed by atoms with van der Waals surface area (Å²) in [4.78, 5) is 12.4. The van der Waals surface area contributed by atoms with Gasteiger partial charge in [-0.05, 0) is 68.3 Å². The van der Waals surface area contributed by atoms with Crippen LogP contribution in [0.3, 0.4) is 0 Å². The molecule has 0 radical (unpaired) electrons. The Kier molecular flexibility index (Phi) is 4.82. The predicted molar refractivity (Wildman–Crippen MR) is 90.9 cm³/mol. The molecule has 3 nitrogen and oxygen atoms in total. The van der Waals surface area contributed by atoms with E-state index in [0.717, 1.165) is 44.5 Å². The highest BCUT2D eigenvalue weighted by Crippen LogP contribution is 2.58. The van der Waals surface area contributed by atoms with Crippen LogP contribution < -0.4 is 10.6 Å². The first-order chi connectivity index (χ1) is 10.7. The molecule has 1 spiro atoms. The number of unbranched alkanes of at least 4 members (excludes halogenated alkanes) is 2. The van der Waals surface area contributed by atoms with Crippen molar-refractivity contribution in [1.82, 2.24) is 5.32 Å². The van der Waals surface area contributed by atoms with Gasteiger partial charge < -0.3 is 10.6 Å². The quantitative estimate of drug-likeness (QED) is 0.786. The second-order valence-electron chi connectivity index (χ2n) is 7.01. The first kappa shape index (κ1) is 15.5. The molecule has 2 aliphatic rings. The van der Waals surface area contributed by atoms with E-state index in [1.165, 1.54) is 24.8 Å². The Morgan fingerprint density at radius 1 is 1.23 bits per heavy atom. The minimum atomic E-state index is 0.223. The molecule has 1 aromatic carbocycles. The first-order valence-electron chi connectivity index (χ1n) is 8.84. The summed E-state index contributed by atoms with van der Waals surface area (Å²) >= 11 is 0. The molecule has 1 amide bonds. The van der Waals surface area contributed by atoms with E-state index in [0.29, 0.717) is 5.41 Å². The number of amides is 1. The number of benzene rings is 1. The van der Waals surface area contributed by atoms with Crippen molar-refractivity contribution >= 4 is 11.6 Å². The van der Waals surface area contributed by atoms with Crippen LogP contribution in [0.2, 0.25) is 0 Å². The van der Waals surface area contributed by atoms with E-state index in [4.69, 9.17) is 0 Å². The lowest BCUT2D eigenvalue weighted by atomic mass is 9.92. The fraction of sp³-hybridized carbons (Fsp3) is 0.632. The average molecular weight is 300 g/mol. The predicted octanol–water partition coefficient (Wildman–Crippen LogP) is 3.75. The molecule has 1 saturated carbocycles. The highest BCUT2D eigenvalue weighted by molar-refractivity contribution is 5.95. The minimum Gasteiger partial charge on any atom is -0.326 e. The van der Waals surface area contributed by atoms with E-state index in [-0.39, 0.29) is 11.8 Å². The molecule has 120 valence electrons. The van der Waals surface area contributed by atoms with Crippen LogP contribution in [0.25, 0.3) is 0 Å². The molecule has 0 bridgehead atoms. The molecule has 2 fully saturated rings. The van der Waals surface area contributed by atoms with Crippen molar-refractivity contribution < 1.29 is 4.79 Å². The summed E-state index contributed by atoms with van der Waals surface area (Å²) in [5.74, 6) is 0.458. The molecular weight excluding hydrogens is 272 g/mol. The molecular formula is C19H28N2O. The summed E-state index contributed by atoms with van der Waals surface area (Å²) in [6.45, 7) is 4.36. The fourth-order valence-electron chi connectivity index (χ4n) is 3.76. The van der Waals surface area contributed by atoms with E-state index >= 15 is 0 Å². The van der Waals surface area contributed by atoms with Crippen LogP contribution in [-0.4, -0.2) is 19.0 Å². The van der Waals surface area contributed by atoms with Gasteiger partial charge in [0.15, 0.2) is 0 Å². The summed E-state index contributed by atoms with van der Waals surface area (Å²) in [5, 5.41) is 6.50. The van der Waals surface area contributed by atoms with Crippen molar-refractivity contribution in [1.29, 1.82) is 0 Å². The van der Waals surface area contributed by atoms with Crippen LogP contribution in [0, 0.1) is 11.3 Å². The molecule has 2 N–H and O–H groups in total. The van der Waals surface area contributed by atoms with Crippen molar-refractivity contribution in [2.75, 3.05) is 18.4 Å². The Morgan fingerprint density at radius 2 is 1.95 bits per heavy atom. The molecule has 1 heterocycles. The second-order valence-corrected chi connectivity index (χ2v) is 7.01. The summed E-state index contributed by atoms with van der Waals surface area (Å²) < 4.78 is 0. The van der Waals surface area contributed by atoms with Crippen molar-refractivity contribution in [3.05, 3.63) is 29.8 Å². The zero-order chi connectivity index (χ0) is 15.4. The van der Waals surface area contributed by atoms with E-state index < -0.39 is 0 Å². The highest BCUT2D eigenvalue weighted by atomic mass is 16.2. The highest BCUT2D eigenvalue weighted by Gasteiger charge is 2.57. The van der Waals surface area contributed by atoms with Gasteiger partial charge in [-0.25, -0.2) is 0 Å². The Morgan fingerprint density at radius 3 is 2.64 bits per heavy atom. The molecule has 1 atom stereocenters. The Balaban J connectivity index is 1.50. The van der Waals surface area contributed by atoms with Gasteiger partial charge >= 0.3 is 0 Å². The van der Waals surface area contributed by atoms with E-state index in [1.54, 1.807) is 0 Å². The number of hydrogen-bond acceptors (Lipinski definition) is 2. The van der Waals surface area contributed by atoms with Crippen molar-refractivity contribution in [2.45, 2.75) is 51.9 Å². The SMILES string of the molecule is CCCCCc1ccc(NC(=O)C2CC23CCNCC3)cc1. The summed E-state index contributed by atoms with van der Waals surface area (Å²) in [7, 11) is 0. The molecule has 1 unspecified atom stereocenters. The zero-order valence-corrected chi connectivity index (χ0v) is 13.7. The van der Waals surface area contributed by atoms with Gasteiger partial charge in [-0.1, -0.05) is 31.9 Å². The molecule has 3 rings (SSSR count). The Hall–Kier alpha value is -1.35. The van der Waals surface area contributed by atoms with Gasteiger partial charge in [0, 0.05) is 11.6 Å². The average Bonchev–Trinajstić information content (AvgIpc) is 3.23. The van der Waals surface area contributed by atoms with E-state index in [2.05, 4.69) is 41.8 Å². The van der Waals surface area contributed by atoms with Crippen LogP contribution in [0.5, 0.6) is 0 Å². The molecule has 1 aliphatic heterocycles. The number of carbonyl (C=O) groups is 1. The van der Waals surface area contributed by atoms with Gasteiger partial charge in [-0.15, -0.1) is 0 Å². The maximum atomic E-state index is 12.4. The van der Waals surface area contributed by atoms with Gasteiger partial charge in [0.05, 0.1) is 0 Å². The normalized spacial score (nSPS) is 22.5. The van der Waals surface area contributed by atoms with Crippen molar-refractivity contribution in [3.8, 4) is 0 Å². The lowest BCUT2D eigenvalue weighted by molar-refractivity contribution is -0.118. The monoisotopic (exact) mass is 300 g/mol. The van der Waals surface area contributed by atoms with Crippen molar-refractivity contribution in [2.24, 2.45) is 11.3 Å². The van der Waals surface area contributed by atoms with Gasteiger partial charge in [0.25, 0.3) is 0 Å². The lowest BCUT2D eigenvalue weighted by Crippen LogP contribution is -2.31. The van der Waals surface area contributed by atoms with Gasteiger partial charge in [-0.3, -0.25) is 4.79 Å². The largest absolute Gasteiger partial charge is 0.326 e. The van der Waals surface area contributed by atoms with Crippen LogP contribution >= 0.6 is 0 Å². The Labute approximate surface area is 133 Å². The van der Waals surface area contributed by atoms with Crippen LogP contribution in [0.1, 0.15) is 51.0 Å². The number of rotatable bonds is 6. The molecule has 1 aliphatic carbocycles. The third-order valence-electron chi connectivity index (χ3n) is 5.40. The second kappa shape index (κ2) is 6.82. The topological polar surface area (TPSA) is 41.1 Å². The molecule has 0 aromatic heterocycles. The van der Waals surface area contributed by atoms with Crippen LogP contribution in [0.4, 0.5) is 5.69 Å². The van der Waals surface area contributed by atoms with Gasteiger partial charge in [0.2, 0.25) is 5.91 Å². The molecule has 1 aromatic rings. The number of nitrogens with one attached hydrogen (secondary N) is 2. The zero-order valence-electron chi connectivity index (χ0n) is 13.7. The number of anilines is 1. The molecule has 1 saturated heterocycles. The van der Waals surface area contributed by atoms with Gasteiger partial charge in [0.1, 0.15) is 0 Å². The number of piperidine rings is 1. The summed E-state index contributed by atoms with van der Waals surface area (Å²) in [6, 6.07) is 8.41. The third-order valence-corrected chi connectivity index (χ3v) is 5.40. The van der Waals surface area contributed by atoms with E-state index in [9.17, 15) is 4.79 Å². The minimum absolute atomic E-state index is 0.223. The number of carbonyl (C=O) groups excluding carboxylic acids is 1. The van der Waals surface area contributed by atoms with Gasteiger partial charge in [-0.2, -0.15) is 0 Å². The summed E-state index contributed by atoms with van der Waals surface area (Å²) in [6.07, 6.45) is 8.32. The fourth-order valence-corrected chi connectivity index (χ4v) is 3.76. The van der Waals surface area contributed by atoms with Crippen LogP contribution in [-0.2, 0) is 11.2 Å². The standard InChI is InChI=1S/C19H28N2O/c1-2-3-4-5-15-6-8-16(9-7-15)21-18(22)17-14-19(17)10-12-20-13-11-19/h6-9,17,20H,2-5,10-14H2,1H3,(H,21,22). The Bertz CT molecular complexity index is 503. The summed E-state index contributed by atoms with van der Waals surface area (Å²) in [5.41, 5.74) is 2.63. The maximum Gasteiger partial charge on any atom is 0.228 e. The number of hydrogen-bond donors (Lipinski definition) is 2. The number of aryl methyl sites for hydroxylation is 1. The lowest BCUT2D eigenvalue weighted by Gasteiger charge is -2.23. The molecule has 22 heavy (non-hydrogen) atoms. The smallest absolute Gasteiger partial charge is 0.228 e. The van der Waals surface area contributed by atoms with E-state index in [1.807, 2.05) is 0 Å². The third kappa shape index (κ3) is 3.52. The van der Waals surface area contributed by atoms with Crippen molar-refractivity contribution in [3.63, 3.8) is 0 Å².